The molecule has 0 saturated carbocycles. The summed E-state index contributed by atoms with van der Waals surface area (Å²) in [5, 5.41) is 7.02. The number of nitrogens with zero attached hydrogens (tertiary/aromatic N) is 2. The van der Waals surface area contributed by atoms with E-state index in [-0.39, 0.29) is 0 Å². The Morgan fingerprint density at radius 2 is 2.05 bits per heavy atom. The Kier molecular flexibility index (Phi) is 4.36. The molecule has 5 heteroatoms. The van der Waals surface area contributed by atoms with Gasteiger partial charge in [0.1, 0.15) is 17.5 Å². The van der Waals surface area contributed by atoms with Gasteiger partial charge in [-0.2, -0.15) is 0 Å². The first kappa shape index (κ1) is 13.4. The molecule has 0 atom stereocenters. The largest absolute Gasteiger partial charge is 0.366 e. The maximum atomic E-state index is 5.95. The summed E-state index contributed by atoms with van der Waals surface area (Å²) in [6, 6.07) is 9.33. The van der Waals surface area contributed by atoms with E-state index >= 15 is 0 Å². The summed E-state index contributed by atoms with van der Waals surface area (Å²) in [6.45, 7) is 6.17. The van der Waals surface area contributed by atoms with Gasteiger partial charge >= 0.3 is 0 Å². The fourth-order valence-corrected chi connectivity index (χ4v) is 1.80. The number of nitrogens with one attached hydrogen (secondary N) is 2. The average Bonchev–Trinajstić information content (AvgIpc) is 2.35. The number of hydrogen-bond donors (Lipinski definition) is 2. The zero-order valence-electron chi connectivity index (χ0n) is 10.7. The van der Waals surface area contributed by atoms with E-state index in [1.165, 1.54) is 0 Å². The highest BCUT2D eigenvalue weighted by Crippen LogP contribution is 2.20. The van der Waals surface area contributed by atoms with Crippen molar-refractivity contribution in [1.29, 1.82) is 0 Å². The first-order chi connectivity index (χ1) is 9.17. The minimum atomic E-state index is 0.660. The van der Waals surface area contributed by atoms with Gasteiger partial charge in [0.2, 0.25) is 0 Å². The molecule has 4 nitrogen and oxygen atoms in total. The van der Waals surface area contributed by atoms with Crippen LogP contribution in [0.4, 0.5) is 17.3 Å². The number of benzene rings is 1. The summed E-state index contributed by atoms with van der Waals surface area (Å²) in [5.74, 6) is 2.18. The molecule has 0 aliphatic rings. The van der Waals surface area contributed by atoms with Gasteiger partial charge in [0.15, 0.2) is 0 Å². The summed E-state index contributed by atoms with van der Waals surface area (Å²) in [7, 11) is 0. The monoisotopic (exact) mass is 274 g/mol. The quantitative estimate of drug-likeness (QED) is 0.815. The van der Waals surface area contributed by atoms with E-state index in [4.69, 9.17) is 11.6 Å². The number of anilines is 3. The van der Waals surface area contributed by atoms with Crippen molar-refractivity contribution in [1.82, 2.24) is 9.97 Å². The van der Waals surface area contributed by atoms with Gasteiger partial charge in [-0.25, -0.2) is 9.97 Å². The number of hydrogen-bond acceptors (Lipinski definition) is 4. The van der Waals surface area contributed by atoms with Crippen molar-refractivity contribution in [2.45, 2.75) is 6.92 Å². The van der Waals surface area contributed by atoms with Gasteiger partial charge < -0.3 is 10.6 Å². The van der Waals surface area contributed by atoms with Crippen LogP contribution in [0, 0.1) is 6.92 Å². The van der Waals surface area contributed by atoms with E-state index in [2.05, 4.69) is 27.2 Å². The number of rotatable bonds is 5. The highest BCUT2D eigenvalue weighted by Gasteiger charge is 2.02. The van der Waals surface area contributed by atoms with Crippen molar-refractivity contribution < 1.29 is 0 Å². The van der Waals surface area contributed by atoms with Crippen LogP contribution in [0.3, 0.4) is 0 Å². The van der Waals surface area contributed by atoms with Gasteiger partial charge in [-0.05, 0) is 25.1 Å². The Balaban J connectivity index is 2.19. The summed E-state index contributed by atoms with van der Waals surface area (Å²) >= 11 is 5.95. The topological polar surface area (TPSA) is 49.8 Å². The molecule has 0 aliphatic carbocycles. The van der Waals surface area contributed by atoms with Crippen molar-refractivity contribution in [2.75, 3.05) is 17.2 Å². The SMILES string of the molecule is C=CCNc1cc(Nc2cccc(Cl)c2)nc(C)n1. The van der Waals surface area contributed by atoms with E-state index < -0.39 is 0 Å². The molecule has 19 heavy (non-hydrogen) atoms. The van der Waals surface area contributed by atoms with Gasteiger partial charge in [-0.1, -0.05) is 23.7 Å². The van der Waals surface area contributed by atoms with Crippen LogP contribution in [-0.2, 0) is 0 Å². The van der Waals surface area contributed by atoms with Crippen LogP contribution in [0.2, 0.25) is 5.02 Å². The van der Waals surface area contributed by atoms with Crippen molar-refractivity contribution in [3.8, 4) is 0 Å². The molecule has 0 aliphatic heterocycles. The molecule has 0 saturated heterocycles. The van der Waals surface area contributed by atoms with Crippen molar-refractivity contribution >= 4 is 28.9 Å². The Bertz CT molecular complexity index is 583. The van der Waals surface area contributed by atoms with Crippen molar-refractivity contribution in [3.63, 3.8) is 0 Å². The summed E-state index contributed by atoms with van der Waals surface area (Å²) in [6.07, 6.45) is 1.78. The molecule has 0 radical (unpaired) electrons. The lowest BCUT2D eigenvalue weighted by Crippen LogP contribution is -2.04. The number of aryl methyl sites for hydroxylation is 1. The fraction of sp³-hybridized carbons (Fsp3) is 0.143. The van der Waals surface area contributed by atoms with Crippen molar-refractivity contribution in [3.05, 3.63) is 53.8 Å². The standard InChI is InChI=1S/C14H15ClN4/c1-3-7-16-13-9-14(18-10(2)17-13)19-12-6-4-5-11(15)8-12/h3-6,8-9H,1,7H2,2H3,(H2,16,17,18,19). The molecular formula is C14H15ClN4. The smallest absolute Gasteiger partial charge is 0.136 e. The molecule has 1 aromatic heterocycles. The maximum absolute atomic E-state index is 5.95. The normalized spacial score (nSPS) is 10.0. The molecule has 0 spiro atoms. The minimum Gasteiger partial charge on any atom is -0.366 e. The molecule has 0 fully saturated rings. The second-order valence-electron chi connectivity index (χ2n) is 3.99. The Morgan fingerprint density at radius 3 is 2.79 bits per heavy atom. The van der Waals surface area contributed by atoms with Crippen LogP contribution in [-0.4, -0.2) is 16.5 Å². The third-order valence-electron chi connectivity index (χ3n) is 2.36. The molecule has 1 heterocycles. The van der Waals surface area contributed by atoms with Gasteiger partial charge in [0.25, 0.3) is 0 Å². The number of halogens is 1. The lowest BCUT2D eigenvalue weighted by Gasteiger charge is -2.09. The van der Waals surface area contributed by atoms with E-state index in [1.54, 1.807) is 6.08 Å². The van der Waals surface area contributed by atoms with Crippen LogP contribution in [0.25, 0.3) is 0 Å². The summed E-state index contributed by atoms with van der Waals surface area (Å²) < 4.78 is 0. The number of aromatic nitrogens is 2. The third-order valence-corrected chi connectivity index (χ3v) is 2.60. The van der Waals surface area contributed by atoms with Gasteiger partial charge in [-0.15, -0.1) is 6.58 Å². The second-order valence-corrected chi connectivity index (χ2v) is 4.43. The van der Waals surface area contributed by atoms with Gasteiger partial charge in [-0.3, -0.25) is 0 Å². The van der Waals surface area contributed by atoms with Crippen LogP contribution >= 0.6 is 11.6 Å². The van der Waals surface area contributed by atoms with Crippen molar-refractivity contribution in [2.24, 2.45) is 0 Å². The lowest BCUT2D eigenvalue weighted by molar-refractivity contribution is 1.05. The summed E-state index contributed by atoms with van der Waals surface area (Å²) in [4.78, 5) is 8.63. The molecule has 98 valence electrons. The average molecular weight is 275 g/mol. The Labute approximate surface area is 117 Å². The third kappa shape index (κ3) is 3.96. The highest BCUT2D eigenvalue weighted by atomic mass is 35.5. The predicted molar refractivity (Wildman–Crippen MR) is 80.2 cm³/mol. The van der Waals surface area contributed by atoms with E-state index in [0.29, 0.717) is 17.4 Å². The zero-order chi connectivity index (χ0) is 13.7. The van der Waals surface area contributed by atoms with E-state index in [0.717, 1.165) is 17.3 Å². The molecule has 2 N–H and O–H groups in total. The predicted octanol–water partition coefficient (Wildman–Crippen LogP) is 3.78. The molecule has 2 rings (SSSR count). The summed E-state index contributed by atoms with van der Waals surface area (Å²) in [5.41, 5.74) is 0.889. The Hall–Kier alpha value is -2.07. The fourth-order valence-electron chi connectivity index (χ4n) is 1.61. The molecule has 0 amide bonds. The Morgan fingerprint density at radius 1 is 1.26 bits per heavy atom. The maximum Gasteiger partial charge on any atom is 0.136 e. The highest BCUT2D eigenvalue weighted by molar-refractivity contribution is 6.30. The first-order valence-corrected chi connectivity index (χ1v) is 6.28. The molecule has 0 unspecified atom stereocenters. The van der Waals surface area contributed by atoms with Crippen LogP contribution in [0.5, 0.6) is 0 Å². The van der Waals surface area contributed by atoms with Crippen LogP contribution in [0.15, 0.2) is 43.0 Å². The second kappa shape index (κ2) is 6.20. The van der Waals surface area contributed by atoms with E-state index in [1.807, 2.05) is 37.3 Å². The molecular weight excluding hydrogens is 260 g/mol. The van der Waals surface area contributed by atoms with Crippen LogP contribution < -0.4 is 10.6 Å². The van der Waals surface area contributed by atoms with E-state index in [9.17, 15) is 0 Å². The molecule has 2 aromatic rings. The van der Waals surface area contributed by atoms with Gasteiger partial charge in [0.05, 0.1) is 0 Å². The zero-order valence-corrected chi connectivity index (χ0v) is 11.4. The van der Waals surface area contributed by atoms with Crippen LogP contribution in [0.1, 0.15) is 5.82 Å². The first-order valence-electron chi connectivity index (χ1n) is 5.90. The lowest BCUT2D eigenvalue weighted by atomic mass is 10.3. The van der Waals surface area contributed by atoms with Gasteiger partial charge in [0, 0.05) is 23.3 Å². The minimum absolute atomic E-state index is 0.660. The molecule has 0 bridgehead atoms. The molecule has 1 aromatic carbocycles.